The minimum atomic E-state index is 0.0952. The molecule has 1 N–H and O–H groups in total. The molecule has 5 nitrogen and oxygen atoms in total. The third-order valence-corrected chi connectivity index (χ3v) is 5.85. The van der Waals surface area contributed by atoms with E-state index in [9.17, 15) is 4.79 Å². The number of amides is 1. The zero-order valence-electron chi connectivity index (χ0n) is 14.3. The largest absolute Gasteiger partial charge is 0.339 e. The summed E-state index contributed by atoms with van der Waals surface area (Å²) in [5, 5.41) is 3.33. The normalized spacial score (nSPS) is 34.5. The van der Waals surface area contributed by atoms with Gasteiger partial charge in [-0.15, -0.1) is 0 Å². The van der Waals surface area contributed by atoms with E-state index in [1.807, 2.05) is 0 Å². The van der Waals surface area contributed by atoms with Crippen molar-refractivity contribution in [2.75, 3.05) is 45.8 Å². The van der Waals surface area contributed by atoms with Gasteiger partial charge in [-0.1, -0.05) is 0 Å². The molecule has 3 aliphatic heterocycles. The fourth-order valence-corrected chi connectivity index (χ4v) is 4.25. The van der Waals surface area contributed by atoms with Crippen LogP contribution in [0.2, 0.25) is 0 Å². The van der Waals surface area contributed by atoms with Gasteiger partial charge in [-0.3, -0.25) is 14.6 Å². The predicted molar refractivity (Wildman–Crippen MR) is 88.9 cm³/mol. The number of hydrogen-bond acceptors (Lipinski definition) is 4. The van der Waals surface area contributed by atoms with Crippen molar-refractivity contribution < 1.29 is 4.79 Å². The summed E-state index contributed by atoms with van der Waals surface area (Å²) >= 11 is 0. The molecule has 3 rings (SSSR count). The zero-order chi connectivity index (χ0) is 15.5. The van der Waals surface area contributed by atoms with Gasteiger partial charge in [-0.25, -0.2) is 0 Å². The fourth-order valence-electron chi connectivity index (χ4n) is 4.25. The van der Waals surface area contributed by atoms with E-state index in [-0.39, 0.29) is 6.04 Å². The molecule has 0 aromatic heterocycles. The second-order valence-electron chi connectivity index (χ2n) is 7.33. The van der Waals surface area contributed by atoms with Gasteiger partial charge in [0, 0.05) is 51.4 Å². The Bertz CT molecular complexity index is 365. The Morgan fingerprint density at radius 2 is 1.68 bits per heavy atom. The lowest BCUT2D eigenvalue weighted by Gasteiger charge is -2.37. The predicted octanol–water partition coefficient (Wildman–Crippen LogP) is 0.755. The van der Waals surface area contributed by atoms with Gasteiger partial charge in [0.2, 0.25) is 5.91 Å². The van der Waals surface area contributed by atoms with Crippen molar-refractivity contribution >= 4 is 5.91 Å². The summed E-state index contributed by atoms with van der Waals surface area (Å²) in [6.45, 7) is 11.9. The Labute approximate surface area is 135 Å². The Balaban J connectivity index is 1.39. The van der Waals surface area contributed by atoms with E-state index >= 15 is 0 Å². The van der Waals surface area contributed by atoms with E-state index in [1.54, 1.807) is 0 Å². The van der Waals surface area contributed by atoms with Gasteiger partial charge in [0.15, 0.2) is 0 Å². The number of rotatable bonds is 4. The number of nitrogens with one attached hydrogen (secondary N) is 1. The molecule has 0 saturated carbocycles. The highest BCUT2D eigenvalue weighted by Gasteiger charge is 2.30. The molecule has 5 heteroatoms. The van der Waals surface area contributed by atoms with Crippen molar-refractivity contribution in [2.24, 2.45) is 0 Å². The highest BCUT2D eigenvalue weighted by Crippen LogP contribution is 2.23. The molecule has 3 saturated heterocycles. The highest BCUT2D eigenvalue weighted by atomic mass is 16.2. The molecule has 3 aliphatic rings. The molecule has 0 bridgehead atoms. The summed E-state index contributed by atoms with van der Waals surface area (Å²) in [5.74, 6) is 0.332. The lowest BCUT2D eigenvalue weighted by molar-refractivity contribution is -0.134. The van der Waals surface area contributed by atoms with E-state index in [2.05, 4.69) is 33.9 Å². The van der Waals surface area contributed by atoms with Gasteiger partial charge in [0.1, 0.15) is 0 Å². The van der Waals surface area contributed by atoms with Crippen LogP contribution >= 0.6 is 0 Å². The molecule has 3 fully saturated rings. The maximum atomic E-state index is 12.4. The summed E-state index contributed by atoms with van der Waals surface area (Å²) in [6, 6.07) is 1.58. The summed E-state index contributed by atoms with van der Waals surface area (Å²) < 4.78 is 0. The van der Waals surface area contributed by atoms with Crippen LogP contribution in [-0.2, 0) is 4.79 Å². The minimum Gasteiger partial charge on any atom is -0.339 e. The molecule has 22 heavy (non-hydrogen) atoms. The summed E-state index contributed by atoms with van der Waals surface area (Å²) in [5.41, 5.74) is 0. The molecule has 3 atom stereocenters. The van der Waals surface area contributed by atoms with Crippen LogP contribution < -0.4 is 5.32 Å². The van der Waals surface area contributed by atoms with E-state index in [4.69, 9.17) is 0 Å². The van der Waals surface area contributed by atoms with E-state index < -0.39 is 0 Å². The monoisotopic (exact) mass is 308 g/mol. The molecular weight excluding hydrogens is 276 g/mol. The van der Waals surface area contributed by atoms with Crippen LogP contribution in [0.5, 0.6) is 0 Å². The van der Waals surface area contributed by atoms with Crippen LogP contribution in [0.15, 0.2) is 0 Å². The molecular formula is C17H32N4O. The molecule has 126 valence electrons. The number of piperazine rings is 1. The quantitative estimate of drug-likeness (QED) is 0.832. The fraction of sp³-hybridized carbons (Fsp3) is 0.941. The molecule has 1 amide bonds. The van der Waals surface area contributed by atoms with Crippen LogP contribution in [0.25, 0.3) is 0 Å². The average Bonchev–Trinajstić information content (AvgIpc) is 3.17. The molecule has 2 unspecified atom stereocenters. The Hall–Kier alpha value is -0.650. The Kier molecular flexibility index (Phi) is 5.37. The molecule has 0 spiro atoms. The molecule has 0 aliphatic carbocycles. The van der Waals surface area contributed by atoms with Crippen molar-refractivity contribution in [3.63, 3.8) is 0 Å². The van der Waals surface area contributed by atoms with E-state index in [1.165, 1.54) is 19.4 Å². The first-order chi connectivity index (χ1) is 10.6. The summed E-state index contributed by atoms with van der Waals surface area (Å²) in [6.07, 6.45) is 4.85. The number of carbonyl (C=O) groups excluding carboxylic acids is 1. The van der Waals surface area contributed by atoms with Crippen molar-refractivity contribution in [2.45, 2.75) is 57.7 Å². The van der Waals surface area contributed by atoms with Crippen molar-refractivity contribution in [1.82, 2.24) is 20.0 Å². The number of nitrogens with zero attached hydrogens (tertiary/aromatic N) is 3. The standard InChI is InChI=1S/C17H32N4O/c1-14-5-6-15(2)21(14)13-10-19-8-11-20(12-9-19)17(22)16-4-3-7-18-16/h14-16,18H,3-13H2,1-2H3/t14?,15?,16-/m0/s1. The van der Waals surface area contributed by atoms with Crippen molar-refractivity contribution in [1.29, 1.82) is 0 Å². The summed E-state index contributed by atoms with van der Waals surface area (Å²) in [4.78, 5) is 19.7. The average molecular weight is 308 g/mol. The summed E-state index contributed by atoms with van der Waals surface area (Å²) in [7, 11) is 0. The number of likely N-dealkylation sites (tertiary alicyclic amines) is 1. The van der Waals surface area contributed by atoms with Gasteiger partial charge in [0.25, 0.3) is 0 Å². The first kappa shape index (κ1) is 16.2. The highest BCUT2D eigenvalue weighted by molar-refractivity contribution is 5.82. The minimum absolute atomic E-state index is 0.0952. The van der Waals surface area contributed by atoms with Gasteiger partial charge in [-0.05, 0) is 46.1 Å². The van der Waals surface area contributed by atoms with E-state index in [0.29, 0.717) is 5.91 Å². The van der Waals surface area contributed by atoms with E-state index in [0.717, 1.165) is 64.2 Å². The first-order valence-electron chi connectivity index (χ1n) is 9.15. The first-order valence-corrected chi connectivity index (χ1v) is 9.15. The molecule has 3 heterocycles. The van der Waals surface area contributed by atoms with Gasteiger partial charge in [0.05, 0.1) is 6.04 Å². The lowest BCUT2D eigenvalue weighted by Crippen LogP contribution is -2.54. The number of hydrogen-bond donors (Lipinski definition) is 1. The maximum absolute atomic E-state index is 12.4. The molecule has 0 aromatic carbocycles. The van der Waals surface area contributed by atoms with Crippen LogP contribution in [0, 0.1) is 0 Å². The third-order valence-electron chi connectivity index (χ3n) is 5.85. The smallest absolute Gasteiger partial charge is 0.239 e. The molecule has 0 aromatic rings. The SMILES string of the molecule is CC1CCC(C)N1CCN1CCN(C(=O)[C@@H]2CCCN2)CC1. The lowest BCUT2D eigenvalue weighted by atomic mass is 10.2. The second-order valence-corrected chi connectivity index (χ2v) is 7.33. The molecule has 0 radical (unpaired) electrons. The second kappa shape index (κ2) is 7.28. The number of carbonyl (C=O) groups is 1. The Morgan fingerprint density at radius 1 is 1.00 bits per heavy atom. The van der Waals surface area contributed by atoms with Gasteiger partial charge in [-0.2, -0.15) is 0 Å². The van der Waals surface area contributed by atoms with Crippen molar-refractivity contribution in [3.8, 4) is 0 Å². The van der Waals surface area contributed by atoms with Crippen LogP contribution in [0.3, 0.4) is 0 Å². The van der Waals surface area contributed by atoms with Crippen LogP contribution in [0.1, 0.15) is 39.5 Å². The third kappa shape index (κ3) is 3.63. The van der Waals surface area contributed by atoms with Crippen LogP contribution in [-0.4, -0.2) is 84.5 Å². The van der Waals surface area contributed by atoms with Crippen molar-refractivity contribution in [3.05, 3.63) is 0 Å². The zero-order valence-corrected chi connectivity index (χ0v) is 14.3. The van der Waals surface area contributed by atoms with Gasteiger partial charge < -0.3 is 10.2 Å². The van der Waals surface area contributed by atoms with Gasteiger partial charge >= 0.3 is 0 Å². The maximum Gasteiger partial charge on any atom is 0.239 e. The van der Waals surface area contributed by atoms with Crippen LogP contribution in [0.4, 0.5) is 0 Å². The Morgan fingerprint density at radius 3 is 2.27 bits per heavy atom. The topological polar surface area (TPSA) is 38.8 Å².